The molecule has 1 aromatic heterocycles. The van der Waals surface area contributed by atoms with Gasteiger partial charge in [0, 0.05) is 19.1 Å². The molecule has 1 aliphatic carbocycles. The van der Waals surface area contributed by atoms with Crippen molar-refractivity contribution in [1.82, 2.24) is 10.2 Å². The molecule has 3 nitrogen and oxygen atoms in total. The predicted molar refractivity (Wildman–Crippen MR) is 81.5 cm³/mol. The van der Waals surface area contributed by atoms with Gasteiger partial charge in [0.1, 0.15) is 4.34 Å². The Morgan fingerprint density at radius 3 is 2.47 bits per heavy atom. The average Bonchev–Trinajstić information content (AvgIpc) is 2.76. The van der Waals surface area contributed by atoms with Crippen LogP contribution in [0, 0.1) is 0 Å². The quantitative estimate of drug-likeness (QED) is 0.921. The zero-order valence-corrected chi connectivity index (χ0v) is 13.4. The summed E-state index contributed by atoms with van der Waals surface area (Å²) >= 11 is 13.2. The van der Waals surface area contributed by atoms with Crippen molar-refractivity contribution in [2.24, 2.45) is 0 Å². The van der Waals surface area contributed by atoms with Crippen LogP contribution in [0.1, 0.15) is 36.0 Å². The summed E-state index contributed by atoms with van der Waals surface area (Å²) in [5.41, 5.74) is 0.523. The summed E-state index contributed by atoms with van der Waals surface area (Å²) in [5.74, 6) is -0.0268. The number of halogens is 2. The van der Waals surface area contributed by atoms with Gasteiger partial charge in [-0.1, -0.05) is 23.2 Å². The van der Waals surface area contributed by atoms with E-state index in [0.29, 0.717) is 26.3 Å². The van der Waals surface area contributed by atoms with Crippen LogP contribution in [0.3, 0.4) is 0 Å². The molecule has 2 rings (SSSR count). The number of carbonyl (C=O) groups is 1. The lowest BCUT2D eigenvalue weighted by atomic mass is 9.90. The van der Waals surface area contributed by atoms with Gasteiger partial charge < -0.3 is 10.2 Å². The summed E-state index contributed by atoms with van der Waals surface area (Å²) in [6.07, 6.45) is 4.28. The SMILES string of the molecule is CNC1CCC(N(C)C(=O)c2cc(Cl)sc2Cl)CC1. The van der Waals surface area contributed by atoms with Gasteiger partial charge in [-0.15, -0.1) is 11.3 Å². The van der Waals surface area contributed by atoms with Gasteiger partial charge in [-0.05, 0) is 38.8 Å². The van der Waals surface area contributed by atoms with E-state index < -0.39 is 0 Å². The zero-order valence-electron chi connectivity index (χ0n) is 11.1. The van der Waals surface area contributed by atoms with Gasteiger partial charge in [0.2, 0.25) is 0 Å². The van der Waals surface area contributed by atoms with E-state index in [2.05, 4.69) is 5.32 Å². The molecule has 0 bridgehead atoms. The summed E-state index contributed by atoms with van der Waals surface area (Å²) in [6, 6.07) is 2.54. The number of hydrogen-bond acceptors (Lipinski definition) is 3. The Labute approximate surface area is 127 Å². The minimum absolute atomic E-state index is 0.0268. The Morgan fingerprint density at radius 2 is 2.00 bits per heavy atom. The molecule has 1 heterocycles. The minimum atomic E-state index is -0.0268. The van der Waals surface area contributed by atoms with Crippen molar-refractivity contribution < 1.29 is 4.79 Å². The van der Waals surface area contributed by atoms with Crippen LogP contribution in [-0.4, -0.2) is 37.0 Å². The first kappa shape index (κ1) is 15.1. The largest absolute Gasteiger partial charge is 0.339 e. The van der Waals surface area contributed by atoms with Gasteiger partial charge in [0.05, 0.1) is 9.90 Å². The summed E-state index contributed by atoms with van der Waals surface area (Å²) < 4.78 is 1.03. The van der Waals surface area contributed by atoms with Crippen molar-refractivity contribution in [2.75, 3.05) is 14.1 Å². The molecule has 1 aliphatic rings. The molecule has 19 heavy (non-hydrogen) atoms. The van der Waals surface area contributed by atoms with E-state index in [1.165, 1.54) is 11.3 Å². The lowest BCUT2D eigenvalue weighted by Crippen LogP contribution is -2.42. The van der Waals surface area contributed by atoms with E-state index in [1.54, 1.807) is 6.07 Å². The molecule has 0 atom stereocenters. The molecule has 6 heteroatoms. The highest BCUT2D eigenvalue weighted by Crippen LogP contribution is 2.33. The lowest BCUT2D eigenvalue weighted by molar-refractivity contribution is 0.0686. The number of thiophene rings is 1. The second-order valence-corrected chi connectivity index (χ2v) is 7.23. The third kappa shape index (κ3) is 3.43. The molecule has 1 fully saturated rings. The topological polar surface area (TPSA) is 32.3 Å². The van der Waals surface area contributed by atoms with Gasteiger partial charge in [0.25, 0.3) is 5.91 Å². The fourth-order valence-electron chi connectivity index (χ4n) is 2.59. The molecule has 0 aliphatic heterocycles. The highest BCUT2D eigenvalue weighted by molar-refractivity contribution is 7.20. The molecular formula is C13H18Cl2N2OS. The highest BCUT2D eigenvalue weighted by Gasteiger charge is 2.28. The summed E-state index contributed by atoms with van der Waals surface area (Å²) in [4.78, 5) is 14.2. The molecule has 0 aromatic carbocycles. The van der Waals surface area contributed by atoms with Crippen LogP contribution in [0.2, 0.25) is 8.67 Å². The standard InChI is InChI=1S/C13H18Cl2N2OS/c1-16-8-3-5-9(6-4-8)17(2)13(18)10-7-11(14)19-12(10)15/h7-9,16H,3-6H2,1-2H3. The molecule has 1 saturated carbocycles. The maximum Gasteiger partial charge on any atom is 0.256 e. The van der Waals surface area contributed by atoms with E-state index in [-0.39, 0.29) is 5.91 Å². The molecule has 106 valence electrons. The van der Waals surface area contributed by atoms with Crippen molar-refractivity contribution in [3.05, 3.63) is 20.3 Å². The second-order valence-electron chi connectivity index (χ2n) is 4.95. The Bertz CT molecular complexity index is 455. The van der Waals surface area contributed by atoms with Crippen molar-refractivity contribution in [3.63, 3.8) is 0 Å². The van der Waals surface area contributed by atoms with Gasteiger partial charge in [-0.25, -0.2) is 0 Å². The average molecular weight is 321 g/mol. The van der Waals surface area contributed by atoms with E-state index >= 15 is 0 Å². The third-order valence-corrected chi connectivity index (χ3v) is 5.35. The first-order valence-corrected chi connectivity index (χ1v) is 7.99. The van der Waals surface area contributed by atoms with Gasteiger partial charge in [-0.2, -0.15) is 0 Å². The number of nitrogens with one attached hydrogen (secondary N) is 1. The first-order chi connectivity index (χ1) is 9.02. The Balaban J connectivity index is 2.02. The minimum Gasteiger partial charge on any atom is -0.339 e. The van der Waals surface area contributed by atoms with Gasteiger partial charge in [0.15, 0.2) is 0 Å². The van der Waals surface area contributed by atoms with Crippen LogP contribution >= 0.6 is 34.5 Å². The number of hydrogen-bond donors (Lipinski definition) is 1. The fraction of sp³-hybridized carbons (Fsp3) is 0.615. The molecule has 1 aromatic rings. The number of carbonyl (C=O) groups excluding carboxylic acids is 1. The molecule has 0 saturated heterocycles. The van der Waals surface area contributed by atoms with E-state index in [0.717, 1.165) is 25.7 Å². The fourth-order valence-corrected chi connectivity index (χ4v) is 4.04. The van der Waals surface area contributed by atoms with Crippen LogP contribution in [0.15, 0.2) is 6.07 Å². The summed E-state index contributed by atoms with van der Waals surface area (Å²) in [6.45, 7) is 0. The number of amides is 1. The Hall–Kier alpha value is -0.290. The van der Waals surface area contributed by atoms with Crippen molar-refractivity contribution in [1.29, 1.82) is 0 Å². The predicted octanol–water partition coefficient (Wildman–Crippen LogP) is 3.66. The van der Waals surface area contributed by atoms with Crippen LogP contribution in [-0.2, 0) is 0 Å². The van der Waals surface area contributed by atoms with E-state index in [9.17, 15) is 4.79 Å². The highest BCUT2D eigenvalue weighted by atomic mass is 35.5. The van der Waals surface area contributed by atoms with Gasteiger partial charge in [-0.3, -0.25) is 4.79 Å². The van der Waals surface area contributed by atoms with Crippen molar-refractivity contribution in [3.8, 4) is 0 Å². The number of rotatable bonds is 3. The van der Waals surface area contributed by atoms with Crippen molar-refractivity contribution >= 4 is 40.4 Å². The maximum absolute atomic E-state index is 12.4. The smallest absolute Gasteiger partial charge is 0.256 e. The molecule has 1 N–H and O–H groups in total. The molecule has 0 spiro atoms. The first-order valence-electron chi connectivity index (χ1n) is 6.42. The van der Waals surface area contributed by atoms with Crippen LogP contribution in [0.4, 0.5) is 0 Å². The molecule has 1 amide bonds. The number of nitrogens with zero attached hydrogens (tertiary/aromatic N) is 1. The van der Waals surface area contributed by atoms with Crippen LogP contribution in [0.25, 0.3) is 0 Å². The van der Waals surface area contributed by atoms with E-state index in [4.69, 9.17) is 23.2 Å². The maximum atomic E-state index is 12.4. The zero-order chi connectivity index (χ0) is 14.0. The van der Waals surface area contributed by atoms with E-state index in [1.807, 2.05) is 19.0 Å². The summed E-state index contributed by atoms with van der Waals surface area (Å²) in [5, 5.41) is 3.30. The van der Waals surface area contributed by atoms with Crippen LogP contribution < -0.4 is 5.32 Å². The van der Waals surface area contributed by atoms with Crippen LogP contribution in [0.5, 0.6) is 0 Å². The monoisotopic (exact) mass is 320 g/mol. The Kier molecular flexibility index (Phi) is 5.12. The second kappa shape index (κ2) is 6.44. The summed E-state index contributed by atoms with van der Waals surface area (Å²) in [7, 11) is 3.85. The van der Waals surface area contributed by atoms with Crippen molar-refractivity contribution in [2.45, 2.75) is 37.8 Å². The molecule has 0 unspecified atom stereocenters. The Morgan fingerprint density at radius 1 is 1.37 bits per heavy atom. The third-order valence-electron chi connectivity index (χ3n) is 3.86. The molecular weight excluding hydrogens is 303 g/mol. The van der Waals surface area contributed by atoms with Gasteiger partial charge >= 0.3 is 0 Å². The normalized spacial score (nSPS) is 23.4. The lowest BCUT2D eigenvalue weighted by Gasteiger charge is -2.34. The molecule has 0 radical (unpaired) electrons.